The normalized spacial score (nSPS) is 12.7. The first-order valence-corrected chi connectivity index (χ1v) is 8.46. The average molecular weight is 412 g/mol. The van der Waals surface area contributed by atoms with E-state index in [0.717, 1.165) is 5.56 Å². The van der Waals surface area contributed by atoms with Crippen molar-refractivity contribution in [1.82, 2.24) is 20.1 Å². The van der Waals surface area contributed by atoms with E-state index in [9.17, 15) is 4.79 Å². The van der Waals surface area contributed by atoms with Crippen LogP contribution >= 0.6 is 46.4 Å². The van der Waals surface area contributed by atoms with Gasteiger partial charge in [0, 0.05) is 5.02 Å². The Balaban J connectivity index is 2.03. The van der Waals surface area contributed by atoms with Crippen molar-refractivity contribution in [2.75, 3.05) is 12.5 Å². The number of amides is 1. The average Bonchev–Trinajstić information content (AvgIpc) is 3.05. The van der Waals surface area contributed by atoms with Gasteiger partial charge in [0.15, 0.2) is 17.1 Å². The van der Waals surface area contributed by atoms with Gasteiger partial charge in [-0.05, 0) is 30.7 Å². The van der Waals surface area contributed by atoms with E-state index >= 15 is 0 Å². The second-order valence-corrected chi connectivity index (χ2v) is 7.18. The Morgan fingerprint density at radius 1 is 1.46 bits per heavy atom. The molecular formula is C14H14Cl4N4O2. The van der Waals surface area contributed by atoms with E-state index in [-0.39, 0.29) is 12.5 Å². The zero-order chi connectivity index (χ0) is 17.7. The van der Waals surface area contributed by atoms with Gasteiger partial charge in [-0.3, -0.25) is 4.79 Å². The summed E-state index contributed by atoms with van der Waals surface area (Å²) in [5.41, 5.74) is 0.813. The summed E-state index contributed by atoms with van der Waals surface area (Å²) in [6.07, 6.45) is 1.77. The zero-order valence-electron chi connectivity index (χ0n) is 12.5. The first kappa shape index (κ1) is 19.1. The van der Waals surface area contributed by atoms with Gasteiger partial charge in [0.2, 0.25) is 0 Å². The highest BCUT2D eigenvalue weighted by molar-refractivity contribution is 6.51. The fourth-order valence-corrected chi connectivity index (χ4v) is 2.58. The maximum atomic E-state index is 12.2. The van der Waals surface area contributed by atoms with Crippen LogP contribution in [0.25, 0.3) is 0 Å². The molecule has 0 saturated carbocycles. The Morgan fingerprint density at radius 2 is 2.21 bits per heavy atom. The molecule has 0 aliphatic heterocycles. The van der Waals surface area contributed by atoms with E-state index < -0.39 is 16.4 Å². The first-order valence-electron chi connectivity index (χ1n) is 6.79. The molecule has 1 atom stereocenters. The van der Waals surface area contributed by atoms with Crippen molar-refractivity contribution in [3.05, 3.63) is 41.4 Å². The minimum atomic E-state index is -1.47. The minimum Gasteiger partial charge on any atom is -0.484 e. The smallest absolute Gasteiger partial charge is 0.259 e. The Labute approximate surface area is 159 Å². The van der Waals surface area contributed by atoms with Crippen LogP contribution in [0.15, 0.2) is 30.9 Å². The highest BCUT2D eigenvalue weighted by atomic mass is 35.5. The molecule has 0 aliphatic carbocycles. The van der Waals surface area contributed by atoms with Crippen LogP contribution in [0.3, 0.4) is 0 Å². The number of carbonyl (C=O) groups is 1. The monoisotopic (exact) mass is 410 g/mol. The molecule has 0 radical (unpaired) electrons. The molecule has 1 amide bonds. The maximum absolute atomic E-state index is 12.2. The molecule has 0 spiro atoms. The predicted octanol–water partition coefficient (Wildman–Crippen LogP) is 3.35. The van der Waals surface area contributed by atoms with E-state index in [1.165, 1.54) is 17.3 Å². The molecule has 1 unspecified atom stereocenters. The molecular weight excluding hydrogens is 398 g/mol. The van der Waals surface area contributed by atoms with Gasteiger partial charge < -0.3 is 10.1 Å². The van der Waals surface area contributed by atoms with E-state index in [2.05, 4.69) is 15.4 Å². The molecule has 2 aromatic rings. The molecule has 24 heavy (non-hydrogen) atoms. The molecule has 2 rings (SSSR count). The van der Waals surface area contributed by atoms with Crippen molar-refractivity contribution in [2.45, 2.75) is 17.4 Å². The number of carbonyl (C=O) groups excluding carboxylic acids is 1. The van der Waals surface area contributed by atoms with Gasteiger partial charge in [-0.1, -0.05) is 34.8 Å². The Bertz CT molecular complexity index is 694. The third-order valence-electron chi connectivity index (χ3n) is 3.07. The van der Waals surface area contributed by atoms with E-state index in [1.807, 2.05) is 6.92 Å². The third-order valence-corrected chi connectivity index (χ3v) is 4.68. The standard InChI is InChI=1S/C14H14Cl4N4O2/c1-9-4-10(16)2-3-11(9)24-5-12(23)21-13(14(17,18)6-15)22-8-19-7-20-22/h2-4,7-8,13H,5-6H2,1H3,(H,21,23). The molecule has 1 aromatic carbocycles. The molecule has 1 heterocycles. The molecule has 10 heteroatoms. The number of benzene rings is 1. The fourth-order valence-electron chi connectivity index (χ4n) is 1.90. The van der Waals surface area contributed by atoms with Crippen molar-refractivity contribution in [3.8, 4) is 5.75 Å². The van der Waals surface area contributed by atoms with Gasteiger partial charge in [-0.15, -0.1) is 11.6 Å². The van der Waals surface area contributed by atoms with Gasteiger partial charge in [-0.25, -0.2) is 9.67 Å². The highest BCUT2D eigenvalue weighted by Crippen LogP contribution is 2.33. The summed E-state index contributed by atoms with van der Waals surface area (Å²) in [6.45, 7) is 1.59. The molecule has 0 bridgehead atoms. The lowest BCUT2D eigenvalue weighted by Gasteiger charge is -2.28. The second-order valence-electron chi connectivity index (χ2n) is 4.94. The topological polar surface area (TPSA) is 69.0 Å². The molecule has 1 N–H and O–H groups in total. The number of nitrogens with zero attached hydrogens (tertiary/aromatic N) is 3. The van der Waals surface area contributed by atoms with Crippen LogP contribution in [0.4, 0.5) is 0 Å². The Kier molecular flexibility index (Phi) is 6.57. The van der Waals surface area contributed by atoms with Gasteiger partial charge in [-0.2, -0.15) is 5.10 Å². The second kappa shape index (κ2) is 8.25. The number of hydrogen-bond donors (Lipinski definition) is 1. The van der Waals surface area contributed by atoms with E-state index in [1.54, 1.807) is 18.2 Å². The lowest BCUT2D eigenvalue weighted by molar-refractivity contribution is -0.124. The van der Waals surface area contributed by atoms with Crippen LogP contribution in [-0.2, 0) is 4.79 Å². The molecule has 0 aliphatic rings. The Morgan fingerprint density at radius 3 is 2.79 bits per heavy atom. The van der Waals surface area contributed by atoms with Crippen molar-refractivity contribution in [1.29, 1.82) is 0 Å². The number of ether oxygens (including phenoxy) is 1. The van der Waals surface area contributed by atoms with Crippen LogP contribution in [0, 0.1) is 6.92 Å². The van der Waals surface area contributed by atoms with Crippen molar-refractivity contribution < 1.29 is 9.53 Å². The lowest BCUT2D eigenvalue weighted by Crippen LogP contribution is -2.45. The number of rotatable bonds is 7. The van der Waals surface area contributed by atoms with Crippen LogP contribution in [0.1, 0.15) is 11.7 Å². The number of aryl methyl sites for hydroxylation is 1. The SMILES string of the molecule is Cc1cc(Cl)ccc1OCC(=O)NC(n1cncn1)C(Cl)(Cl)CCl. The number of halogens is 4. The maximum Gasteiger partial charge on any atom is 0.259 e. The summed E-state index contributed by atoms with van der Waals surface area (Å²) in [5, 5.41) is 7.16. The number of nitrogens with one attached hydrogen (secondary N) is 1. The van der Waals surface area contributed by atoms with E-state index in [0.29, 0.717) is 10.8 Å². The van der Waals surface area contributed by atoms with Crippen molar-refractivity contribution in [3.63, 3.8) is 0 Å². The molecule has 0 fully saturated rings. The van der Waals surface area contributed by atoms with Gasteiger partial charge in [0.25, 0.3) is 5.91 Å². The van der Waals surface area contributed by atoms with Crippen molar-refractivity contribution in [2.24, 2.45) is 0 Å². The number of aromatic nitrogens is 3. The molecule has 130 valence electrons. The molecule has 1 aromatic heterocycles. The van der Waals surface area contributed by atoms with Crippen LogP contribution in [-0.4, -0.2) is 37.5 Å². The first-order chi connectivity index (χ1) is 11.3. The van der Waals surface area contributed by atoms with Crippen LogP contribution < -0.4 is 10.1 Å². The lowest BCUT2D eigenvalue weighted by atomic mass is 10.2. The summed E-state index contributed by atoms with van der Waals surface area (Å²) in [5.74, 6) is -0.0224. The summed E-state index contributed by atoms with van der Waals surface area (Å²) in [4.78, 5) is 16.0. The zero-order valence-corrected chi connectivity index (χ0v) is 15.6. The fraction of sp³-hybridized carbons (Fsp3) is 0.357. The van der Waals surface area contributed by atoms with Crippen molar-refractivity contribution >= 4 is 52.3 Å². The number of hydrogen-bond acceptors (Lipinski definition) is 4. The highest BCUT2D eigenvalue weighted by Gasteiger charge is 2.37. The largest absolute Gasteiger partial charge is 0.484 e. The summed E-state index contributed by atoms with van der Waals surface area (Å²) < 4.78 is 5.33. The van der Waals surface area contributed by atoms with Crippen LogP contribution in [0.2, 0.25) is 5.02 Å². The summed E-state index contributed by atoms with van der Waals surface area (Å²) in [6, 6.07) is 5.10. The summed E-state index contributed by atoms with van der Waals surface area (Å²) >= 11 is 24.0. The van der Waals surface area contributed by atoms with Gasteiger partial charge in [0.05, 0.1) is 5.88 Å². The predicted molar refractivity (Wildman–Crippen MR) is 94.0 cm³/mol. The van der Waals surface area contributed by atoms with Gasteiger partial charge in [0.1, 0.15) is 18.4 Å². The quantitative estimate of drug-likeness (QED) is 0.709. The van der Waals surface area contributed by atoms with Crippen LogP contribution in [0.5, 0.6) is 5.75 Å². The Hall–Kier alpha value is -1.21. The molecule has 0 saturated heterocycles. The van der Waals surface area contributed by atoms with Gasteiger partial charge >= 0.3 is 0 Å². The summed E-state index contributed by atoms with van der Waals surface area (Å²) in [7, 11) is 0. The number of alkyl halides is 3. The molecule has 6 nitrogen and oxygen atoms in total. The third kappa shape index (κ3) is 4.89. The minimum absolute atomic E-state index is 0.127. The van der Waals surface area contributed by atoms with E-state index in [4.69, 9.17) is 51.1 Å².